The Morgan fingerprint density at radius 2 is 1.76 bits per heavy atom. The number of hydrogen-bond acceptors (Lipinski definition) is 3. The minimum absolute atomic E-state index is 0.394. The van der Waals surface area contributed by atoms with E-state index in [9.17, 15) is 5.11 Å². The molecule has 3 nitrogen and oxygen atoms in total. The normalized spacial score (nSPS) is 18.9. The first-order valence-electron chi connectivity index (χ1n) is 8.11. The third-order valence-corrected chi connectivity index (χ3v) is 4.44. The Balaban J connectivity index is 1.95. The van der Waals surface area contributed by atoms with Crippen LogP contribution in [0.5, 0.6) is 0 Å². The minimum Gasteiger partial charge on any atom is -0.387 e. The van der Waals surface area contributed by atoms with Gasteiger partial charge in [-0.15, -0.1) is 0 Å². The molecule has 1 aromatic carbocycles. The van der Waals surface area contributed by atoms with Crippen LogP contribution in [0.3, 0.4) is 0 Å². The number of benzene rings is 1. The first-order chi connectivity index (χ1) is 10.0. The summed E-state index contributed by atoms with van der Waals surface area (Å²) >= 11 is 0. The van der Waals surface area contributed by atoms with Gasteiger partial charge in [0.1, 0.15) is 0 Å². The van der Waals surface area contributed by atoms with E-state index in [0.29, 0.717) is 6.10 Å². The zero-order valence-corrected chi connectivity index (χ0v) is 13.9. The molecule has 0 aromatic heterocycles. The average molecular weight is 291 g/mol. The van der Waals surface area contributed by atoms with Crippen molar-refractivity contribution in [2.24, 2.45) is 0 Å². The number of likely N-dealkylation sites (tertiary alicyclic amines) is 1. The number of β-amino-alcohol motifs (C(OH)–C–C–N with tert-alkyl or cyclic N) is 1. The molecule has 0 spiro atoms. The van der Waals surface area contributed by atoms with Gasteiger partial charge in [-0.2, -0.15) is 0 Å². The van der Waals surface area contributed by atoms with E-state index in [1.807, 2.05) is 0 Å². The summed E-state index contributed by atoms with van der Waals surface area (Å²) in [5.41, 5.74) is 4.76. The third-order valence-electron chi connectivity index (χ3n) is 4.44. The van der Waals surface area contributed by atoms with Gasteiger partial charge in [-0.25, -0.2) is 0 Å². The van der Waals surface area contributed by atoms with Gasteiger partial charge in [-0.3, -0.25) is 0 Å². The number of aryl methyl sites for hydroxylation is 3. The molecular weight excluding hydrogens is 262 g/mol. The van der Waals surface area contributed by atoms with Gasteiger partial charge in [-0.1, -0.05) is 17.7 Å². The molecule has 1 unspecified atom stereocenters. The Hall–Kier alpha value is -0.900. The molecule has 1 aliphatic rings. The second-order valence-corrected chi connectivity index (χ2v) is 6.28. The third kappa shape index (κ3) is 4.29. The molecule has 1 N–H and O–H groups in total. The molecule has 0 bridgehead atoms. The Labute approximate surface area is 128 Å². The van der Waals surface area contributed by atoms with Crippen molar-refractivity contribution in [3.8, 4) is 0 Å². The fraction of sp³-hybridized carbons (Fsp3) is 0.667. The Kier molecular flexibility index (Phi) is 5.80. The molecule has 3 heteroatoms. The number of ether oxygens (including phenoxy) is 1. The Morgan fingerprint density at radius 3 is 2.29 bits per heavy atom. The highest BCUT2D eigenvalue weighted by Gasteiger charge is 2.23. The van der Waals surface area contributed by atoms with Crippen molar-refractivity contribution in [1.29, 1.82) is 0 Å². The fourth-order valence-corrected chi connectivity index (χ4v) is 3.55. The van der Waals surface area contributed by atoms with Crippen molar-refractivity contribution in [1.82, 2.24) is 4.90 Å². The molecule has 0 amide bonds. The fourth-order valence-electron chi connectivity index (χ4n) is 3.55. The largest absolute Gasteiger partial charge is 0.387 e. The topological polar surface area (TPSA) is 32.7 Å². The van der Waals surface area contributed by atoms with Crippen LogP contribution in [-0.4, -0.2) is 42.4 Å². The molecule has 1 saturated heterocycles. The number of piperidine rings is 1. The quantitative estimate of drug-likeness (QED) is 0.904. The van der Waals surface area contributed by atoms with E-state index in [1.165, 1.54) is 16.7 Å². The Morgan fingerprint density at radius 1 is 1.19 bits per heavy atom. The second kappa shape index (κ2) is 7.39. The van der Waals surface area contributed by atoms with Gasteiger partial charge >= 0.3 is 0 Å². The van der Waals surface area contributed by atoms with Crippen molar-refractivity contribution in [3.05, 3.63) is 34.4 Å². The predicted molar refractivity (Wildman–Crippen MR) is 86.7 cm³/mol. The van der Waals surface area contributed by atoms with Gasteiger partial charge in [0.15, 0.2) is 0 Å². The summed E-state index contributed by atoms with van der Waals surface area (Å²) < 4.78 is 5.68. The van der Waals surface area contributed by atoms with E-state index < -0.39 is 6.10 Å². The lowest BCUT2D eigenvalue weighted by Gasteiger charge is -2.33. The second-order valence-electron chi connectivity index (χ2n) is 6.28. The lowest BCUT2D eigenvalue weighted by atomic mass is 9.95. The molecule has 1 aromatic rings. The van der Waals surface area contributed by atoms with E-state index in [4.69, 9.17) is 4.74 Å². The summed E-state index contributed by atoms with van der Waals surface area (Å²) in [4.78, 5) is 2.36. The first kappa shape index (κ1) is 16.5. The lowest BCUT2D eigenvalue weighted by molar-refractivity contribution is 0.00316. The van der Waals surface area contributed by atoms with Crippen LogP contribution in [0.15, 0.2) is 12.1 Å². The summed E-state index contributed by atoms with van der Waals surface area (Å²) in [5.74, 6) is 0. The molecule has 1 atom stereocenters. The van der Waals surface area contributed by atoms with Crippen molar-refractivity contribution < 1.29 is 9.84 Å². The molecule has 21 heavy (non-hydrogen) atoms. The van der Waals surface area contributed by atoms with Crippen molar-refractivity contribution >= 4 is 0 Å². The maximum atomic E-state index is 10.6. The van der Waals surface area contributed by atoms with Crippen LogP contribution in [-0.2, 0) is 4.74 Å². The molecule has 0 saturated carbocycles. The van der Waals surface area contributed by atoms with Crippen LogP contribution < -0.4 is 0 Å². The average Bonchev–Trinajstić information content (AvgIpc) is 2.40. The summed E-state index contributed by atoms with van der Waals surface area (Å²) in [5, 5.41) is 10.6. The van der Waals surface area contributed by atoms with Gasteiger partial charge in [0, 0.05) is 26.2 Å². The molecule has 118 valence electrons. The Bertz CT molecular complexity index is 441. The monoisotopic (exact) mass is 291 g/mol. The van der Waals surface area contributed by atoms with Crippen molar-refractivity contribution in [3.63, 3.8) is 0 Å². The van der Waals surface area contributed by atoms with Gasteiger partial charge in [-0.05, 0) is 57.2 Å². The van der Waals surface area contributed by atoms with E-state index >= 15 is 0 Å². The van der Waals surface area contributed by atoms with Gasteiger partial charge in [0.05, 0.1) is 12.2 Å². The van der Waals surface area contributed by atoms with E-state index in [2.05, 4.69) is 44.7 Å². The van der Waals surface area contributed by atoms with Crippen LogP contribution in [0.4, 0.5) is 0 Å². The molecule has 1 fully saturated rings. The lowest BCUT2D eigenvalue weighted by Crippen LogP contribution is -2.39. The van der Waals surface area contributed by atoms with E-state index in [-0.39, 0.29) is 0 Å². The van der Waals surface area contributed by atoms with Crippen LogP contribution in [0.2, 0.25) is 0 Å². The standard InChI is InChI=1S/C18H29NO2/c1-5-21-16-6-8-19(9-7-16)12-17(20)18-14(3)10-13(2)11-15(18)4/h10-11,16-17,20H,5-9,12H2,1-4H3. The summed E-state index contributed by atoms with van der Waals surface area (Å²) in [6, 6.07) is 4.32. The summed E-state index contributed by atoms with van der Waals surface area (Å²) in [6.45, 7) is 11.9. The van der Waals surface area contributed by atoms with Crippen molar-refractivity contribution in [2.75, 3.05) is 26.2 Å². The number of aliphatic hydroxyl groups excluding tert-OH is 1. The smallest absolute Gasteiger partial charge is 0.0922 e. The molecule has 0 aliphatic carbocycles. The summed E-state index contributed by atoms with van der Waals surface area (Å²) in [7, 11) is 0. The number of aliphatic hydroxyl groups is 1. The molecule has 1 aliphatic heterocycles. The number of hydrogen-bond donors (Lipinski definition) is 1. The predicted octanol–water partition coefficient (Wildman–Crippen LogP) is 3.15. The minimum atomic E-state index is -0.394. The zero-order valence-electron chi connectivity index (χ0n) is 13.9. The van der Waals surface area contributed by atoms with Gasteiger partial charge < -0.3 is 14.7 Å². The summed E-state index contributed by atoms with van der Waals surface area (Å²) in [6.07, 6.45) is 2.17. The number of nitrogens with zero attached hydrogens (tertiary/aromatic N) is 1. The highest BCUT2D eigenvalue weighted by atomic mass is 16.5. The molecular formula is C18H29NO2. The maximum absolute atomic E-state index is 10.6. The van der Waals surface area contributed by atoms with E-state index in [1.54, 1.807) is 0 Å². The zero-order chi connectivity index (χ0) is 15.4. The van der Waals surface area contributed by atoms with Gasteiger partial charge in [0.2, 0.25) is 0 Å². The maximum Gasteiger partial charge on any atom is 0.0922 e. The van der Waals surface area contributed by atoms with Crippen LogP contribution in [0.25, 0.3) is 0 Å². The van der Waals surface area contributed by atoms with Crippen LogP contribution in [0.1, 0.15) is 48.1 Å². The molecule has 1 heterocycles. The highest BCUT2D eigenvalue weighted by Crippen LogP contribution is 2.25. The first-order valence-corrected chi connectivity index (χ1v) is 8.11. The van der Waals surface area contributed by atoms with Crippen LogP contribution >= 0.6 is 0 Å². The van der Waals surface area contributed by atoms with Crippen molar-refractivity contribution in [2.45, 2.75) is 52.7 Å². The van der Waals surface area contributed by atoms with E-state index in [0.717, 1.165) is 44.6 Å². The van der Waals surface area contributed by atoms with Crippen LogP contribution in [0, 0.1) is 20.8 Å². The van der Waals surface area contributed by atoms with Gasteiger partial charge in [0.25, 0.3) is 0 Å². The highest BCUT2D eigenvalue weighted by molar-refractivity contribution is 5.39. The SMILES string of the molecule is CCOC1CCN(CC(O)c2c(C)cc(C)cc2C)CC1. The molecule has 2 rings (SSSR count). The molecule has 0 radical (unpaired) electrons. The number of rotatable bonds is 5.